The van der Waals surface area contributed by atoms with Gasteiger partial charge in [0.2, 0.25) is 0 Å². The van der Waals surface area contributed by atoms with Gasteiger partial charge in [-0.05, 0) is 0 Å². The summed E-state index contributed by atoms with van der Waals surface area (Å²) in [5.74, 6) is 0. The average Bonchev–Trinajstić information content (AvgIpc) is 2.37. The van der Waals surface area contributed by atoms with Crippen LogP contribution in [-0.2, 0) is 27.4 Å². The molecule has 1 aliphatic rings. The SMILES string of the molecule is O=PC[C@H]1O[C@H](OP)[C@@H](OP)[C@@H](OP)[C@@H]1P=O. The van der Waals surface area contributed by atoms with E-state index in [0.29, 0.717) is 0 Å². The summed E-state index contributed by atoms with van der Waals surface area (Å²) in [5, 5.41) is 0. The number of hydrogen-bond donors (Lipinski definition) is 0. The monoisotopic (exact) mass is 336 g/mol. The second-order valence-corrected chi connectivity index (χ2v) is 5.54. The van der Waals surface area contributed by atoms with Crippen LogP contribution in [0.15, 0.2) is 0 Å². The average molecular weight is 336 g/mol. The lowest BCUT2D eigenvalue weighted by atomic mass is 10.0. The van der Waals surface area contributed by atoms with E-state index in [1.54, 1.807) is 0 Å². The Morgan fingerprint density at radius 1 is 1.06 bits per heavy atom. The Balaban J connectivity index is 2.91. The summed E-state index contributed by atoms with van der Waals surface area (Å²) in [7, 11) is 6.06. The second-order valence-electron chi connectivity index (χ2n) is 3.29. The largest absolute Gasteiger partial charge is 0.358 e. The predicted molar refractivity (Wildman–Crippen MR) is 72.5 cm³/mol. The smallest absolute Gasteiger partial charge is 0.190 e. The summed E-state index contributed by atoms with van der Waals surface area (Å²) in [4.78, 5) is 0. The van der Waals surface area contributed by atoms with Crippen LogP contribution in [0.4, 0.5) is 0 Å². The van der Waals surface area contributed by atoms with Crippen molar-refractivity contribution in [3.8, 4) is 0 Å². The van der Waals surface area contributed by atoms with Gasteiger partial charge in [0.1, 0.15) is 12.2 Å². The van der Waals surface area contributed by atoms with Crippen LogP contribution in [0.3, 0.4) is 0 Å². The zero-order chi connectivity index (χ0) is 12.8. The summed E-state index contributed by atoms with van der Waals surface area (Å²) in [5.41, 5.74) is -0.462. The molecule has 6 nitrogen and oxygen atoms in total. The first-order valence-electron chi connectivity index (χ1n) is 4.57. The van der Waals surface area contributed by atoms with Gasteiger partial charge in [-0.15, -0.1) is 0 Å². The van der Waals surface area contributed by atoms with Crippen LogP contribution in [0.2, 0.25) is 0 Å². The van der Waals surface area contributed by atoms with E-state index in [1.807, 2.05) is 0 Å². The van der Waals surface area contributed by atoms with Gasteiger partial charge in [-0.25, -0.2) is 0 Å². The molecule has 11 heteroatoms. The van der Waals surface area contributed by atoms with E-state index >= 15 is 0 Å². The third-order valence-corrected chi connectivity index (χ3v) is 4.72. The van der Waals surface area contributed by atoms with Gasteiger partial charge in [-0.1, -0.05) is 0 Å². The molecule has 98 valence electrons. The van der Waals surface area contributed by atoms with Crippen molar-refractivity contribution in [2.75, 3.05) is 6.16 Å². The Morgan fingerprint density at radius 3 is 2.12 bits per heavy atom. The van der Waals surface area contributed by atoms with E-state index in [1.165, 1.54) is 0 Å². The van der Waals surface area contributed by atoms with E-state index in [0.717, 1.165) is 0 Å². The maximum absolute atomic E-state index is 11.2. The Hall–Kier alpha value is 1.33. The van der Waals surface area contributed by atoms with Gasteiger partial charge in [0.15, 0.2) is 23.2 Å². The molecule has 0 radical (unpaired) electrons. The molecule has 1 saturated heterocycles. The fourth-order valence-electron chi connectivity index (χ4n) is 1.65. The zero-order valence-electron chi connectivity index (χ0n) is 8.67. The molecule has 0 aliphatic carbocycles. The maximum Gasteiger partial charge on any atom is 0.190 e. The van der Waals surface area contributed by atoms with E-state index in [9.17, 15) is 9.13 Å². The Morgan fingerprint density at radius 2 is 1.71 bits per heavy atom. The lowest BCUT2D eigenvalue weighted by molar-refractivity contribution is -0.206. The van der Waals surface area contributed by atoms with Gasteiger partial charge in [-0.2, -0.15) is 0 Å². The van der Waals surface area contributed by atoms with Crippen LogP contribution in [0.25, 0.3) is 0 Å². The quantitative estimate of drug-likeness (QED) is 0.689. The Bertz CT molecular complexity index is 267. The van der Waals surface area contributed by atoms with E-state index in [2.05, 4.69) is 28.4 Å². The molecular formula is C6H13O6P5. The topological polar surface area (TPSA) is 71.1 Å². The van der Waals surface area contributed by atoms with E-state index in [4.69, 9.17) is 18.3 Å². The van der Waals surface area contributed by atoms with Crippen molar-refractivity contribution in [2.45, 2.75) is 30.3 Å². The second kappa shape index (κ2) is 8.49. The van der Waals surface area contributed by atoms with Gasteiger partial charge < -0.3 is 18.3 Å². The first kappa shape index (κ1) is 16.4. The Labute approximate surface area is 110 Å². The molecule has 0 saturated carbocycles. The fraction of sp³-hybridized carbons (Fsp3) is 1.00. The molecule has 1 rings (SSSR count). The standard InChI is InChI=1S/C6H13O6P5/c7-16-1-2-5(17-8)3(10-13)4(11-14)6(9-2)12-15/h2-6H,1,13-15H2/t2-,3-,4+,5-,6-/m1/s1. The van der Waals surface area contributed by atoms with Crippen LogP contribution in [0, 0.1) is 0 Å². The highest BCUT2D eigenvalue weighted by molar-refractivity contribution is 7.26. The molecule has 0 spiro atoms. The van der Waals surface area contributed by atoms with Crippen LogP contribution in [0.1, 0.15) is 0 Å². The lowest BCUT2D eigenvalue weighted by Gasteiger charge is -2.41. The molecule has 0 N–H and O–H groups in total. The molecule has 17 heavy (non-hydrogen) atoms. The van der Waals surface area contributed by atoms with Crippen molar-refractivity contribution >= 4 is 45.3 Å². The first-order valence-corrected chi connectivity index (χ1v) is 7.86. The summed E-state index contributed by atoms with van der Waals surface area (Å²) in [6.07, 6.45) is -1.99. The molecule has 1 aliphatic heterocycles. The molecule has 3 unspecified atom stereocenters. The molecule has 0 aromatic carbocycles. The van der Waals surface area contributed by atoms with Gasteiger partial charge in [0.05, 0.1) is 17.9 Å². The van der Waals surface area contributed by atoms with Crippen molar-refractivity contribution < 1.29 is 27.4 Å². The molecule has 8 atom stereocenters. The minimum absolute atomic E-state index is 0.0822. The van der Waals surface area contributed by atoms with Crippen molar-refractivity contribution in [2.24, 2.45) is 0 Å². The maximum atomic E-state index is 11.2. The van der Waals surface area contributed by atoms with Crippen LogP contribution in [0.5, 0.6) is 0 Å². The normalized spacial score (nSPS) is 38.6. The predicted octanol–water partition coefficient (Wildman–Crippen LogP) is 1.82. The molecule has 1 heterocycles. The summed E-state index contributed by atoms with van der Waals surface area (Å²) in [6.45, 7) is 0. The van der Waals surface area contributed by atoms with Crippen LogP contribution in [-0.4, -0.2) is 36.4 Å². The Kier molecular flexibility index (Phi) is 8.18. The molecule has 0 bridgehead atoms. The minimum Gasteiger partial charge on any atom is -0.358 e. The molecule has 0 amide bonds. The number of hydrogen-bond acceptors (Lipinski definition) is 6. The van der Waals surface area contributed by atoms with Crippen molar-refractivity contribution in [3.63, 3.8) is 0 Å². The van der Waals surface area contributed by atoms with E-state index < -0.39 is 30.3 Å². The highest BCUT2D eigenvalue weighted by Gasteiger charge is 2.47. The zero-order valence-corrected chi connectivity index (χ0v) is 13.9. The van der Waals surface area contributed by atoms with Crippen LogP contribution < -0.4 is 0 Å². The van der Waals surface area contributed by atoms with Gasteiger partial charge >= 0.3 is 0 Å². The van der Waals surface area contributed by atoms with Gasteiger partial charge in [0, 0.05) is 28.4 Å². The summed E-state index contributed by atoms with van der Waals surface area (Å²) >= 11 is 0. The minimum atomic E-state index is -0.687. The third kappa shape index (κ3) is 3.90. The van der Waals surface area contributed by atoms with Gasteiger partial charge in [0.25, 0.3) is 0 Å². The van der Waals surface area contributed by atoms with Gasteiger partial charge in [-0.3, -0.25) is 9.13 Å². The number of ether oxygens (including phenoxy) is 1. The van der Waals surface area contributed by atoms with Crippen molar-refractivity contribution in [1.29, 1.82) is 0 Å². The highest BCUT2D eigenvalue weighted by Crippen LogP contribution is 2.36. The molecule has 0 aromatic rings. The molecule has 1 fully saturated rings. The molecule has 0 aromatic heterocycles. The molecular weight excluding hydrogens is 323 g/mol. The summed E-state index contributed by atoms with van der Waals surface area (Å²) < 4.78 is 42.8. The third-order valence-electron chi connectivity index (χ3n) is 2.44. The fourth-order valence-corrected chi connectivity index (χ4v) is 3.91. The summed E-state index contributed by atoms with van der Waals surface area (Å²) in [6, 6.07) is 0. The van der Waals surface area contributed by atoms with Crippen molar-refractivity contribution in [3.05, 3.63) is 0 Å². The first-order chi connectivity index (χ1) is 8.23. The van der Waals surface area contributed by atoms with Crippen LogP contribution >= 0.6 is 45.3 Å². The number of rotatable bonds is 6. The van der Waals surface area contributed by atoms with E-state index in [-0.39, 0.29) is 23.1 Å². The highest BCUT2D eigenvalue weighted by atomic mass is 31.1. The van der Waals surface area contributed by atoms with Crippen molar-refractivity contribution in [1.82, 2.24) is 0 Å². The lowest BCUT2D eigenvalue weighted by Crippen LogP contribution is -2.56.